The molecule has 6 nitrogen and oxygen atoms in total. The summed E-state index contributed by atoms with van der Waals surface area (Å²) < 4.78 is 31.8. The van der Waals surface area contributed by atoms with Gasteiger partial charge in [-0.3, -0.25) is 4.79 Å². The molecule has 0 atom stereocenters. The number of carbonyl (C=O) groups is 1. The van der Waals surface area contributed by atoms with Gasteiger partial charge < -0.3 is 9.84 Å². The molecule has 0 aromatic heterocycles. The van der Waals surface area contributed by atoms with Crippen molar-refractivity contribution >= 4 is 16.0 Å². The smallest absolute Gasteiger partial charge is 0.324 e. The number of hydrogen-bond donors (Lipinski definition) is 1. The fourth-order valence-corrected chi connectivity index (χ4v) is 4.23. The first-order valence-electron chi connectivity index (χ1n) is 6.73. The van der Waals surface area contributed by atoms with Crippen LogP contribution in [0, 0.1) is 0 Å². The second-order valence-corrected chi connectivity index (χ2v) is 7.26. The van der Waals surface area contributed by atoms with Crippen molar-refractivity contribution in [2.75, 3.05) is 13.2 Å². The van der Waals surface area contributed by atoms with Crippen LogP contribution >= 0.6 is 0 Å². The van der Waals surface area contributed by atoms with Gasteiger partial charge in [0.2, 0.25) is 10.0 Å². The van der Waals surface area contributed by atoms with Gasteiger partial charge in [-0.25, -0.2) is 8.42 Å². The molecule has 2 rings (SSSR count). The maximum absolute atomic E-state index is 12.7. The number of ether oxygens (including phenoxy) is 1. The van der Waals surface area contributed by atoms with Crippen LogP contribution in [-0.2, 0) is 21.2 Å². The summed E-state index contributed by atoms with van der Waals surface area (Å²) in [4.78, 5) is 11.5. The topological polar surface area (TPSA) is 83.9 Å². The number of fused-ring (bicyclic) bond motifs is 1. The lowest BCUT2D eigenvalue weighted by molar-refractivity contribution is -0.146. The molecule has 0 radical (unpaired) electrons. The molecule has 1 aromatic carbocycles. The molecule has 0 unspecified atom stereocenters. The summed E-state index contributed by atoms with van der Waals surface area (Å²) in [6.07, 6.45) is 0.660. The number of aliphatic carboxylic acids is 1. The second kappa shape index (κ2) is 5.31. The molecule has 7 heteroatoms. The number of carboxylic acids is 1. The Hall–Kier alpha value is -1.60. The molecule has 1 N–H and O–H groups in total. The van der Waals surface area contributed by atoms with Crippen molar-refractivity contribution in [2.45, 2.75) is 37.6 Å². The highest BCUT2D eigenvalue weighted by molar-refractivity contribution is 7.89. The highest BCUT2D eigenvalue weighted by Crippen LogP contribution is 2.31. The summed E-state index contributed by atoms with van der Waals surface area (Å²) in [5.74, 6) is -0.494. The van der Waals surface area contributed by atoms with Crippen molar-refractivity contribution < 1.29 is 23.1 Å². The van der Waals surface area contributed by atoms with E-state index in [4.69, 9.17) is 4.74 Å². The van der Waals surface area contributed by atoms with E-state index in [2.05, 4.69) is 0 Å². The molecular weight excluding hydrogens is 294 g/mol. The molecule has 0 saturated heterocycles. The minimum Gasteiger partial charge on any atom is -0.493 e. The maximum Gasteiger partial charge on any atom is 0.324 e. The van der Waals surface area contributed by atoms with Gasteiger partial charge in [-0.15, -0.1) is 0 Å². The van der Waals surface area contributed by atoms with Crippen molar-refractivity contribution in [3.05, 3.63) is 23.8 Å². The third-order valence-electron chi connectivity index (χ3n) is 3.68. The Kier molecular flexibility index (Phi) is 3.99. The van der Waals surface area contributed by atoms with Gasteiger partial charge in [0, 0.05) is 13.0 Å². The van der Waals surface area contributed by atoms with Crippen LogP contribution in [0.1, 0.15) is 26.3 Å². The first-order valence-corrected chi connectivity index (χ1v) is 8.17. The maximum atomic E-state index is 12.7. The van der Waals surface area contributed by atoms with Crippen LogP contribution in [0.15, 0.2) is 23.1 Å². The molecule has 0 bridgehead atoms. The van der Waals surface area contributed by atoms with Gasteiger partial charge in [0.05, 0.1) is 11.5 Å². The average molecular weight is 313 g/mol. The average Bonchev–Trinajstić information content (AvgIpc) is 2.85. The molecule has 0 saturated carbocycles. The molecule has 1 aliphatic heterocycles. The second-order valence-electron chi connectivity index (χ2n) is 5.40. The highest BCUT2D eigenvalue weighted by Gasteiger charge is 2.42. The van der Waals surface area contributed by atoms with E-state index in [1.807, 2.05) is 0 Å². The Labute approximate surface area is 124 Å². The van der Waals surface area contributed by atoms with E-state index in [1.165, 1.54) is 19.9 Å². The normalized spacial score (nSPS) is 14.9. The highest BCUT2D eigenvalue weighted by atomic mass is 32.2. The summed E-state index contributed by atoms with van der Waals surface area (Å²) in [5.41, 5.74) is -0.677. The minimum atomic E-state index is -3.88. The predicted octanol–water partition coefficient (Wildman–Crippen LogP) is 1.50. The number of benzene rings is 1. The third-order valence-corrected chi connectivity index (χ3v) is 5.83. The molecule has 1 aliphatic rings. The third kappa shape index (κ3) is 2.63. The molecule has 0 fully saturated rings. The van der Waals surface area contributed by atoms with E-state index < -0.39 is 21.5 Å². The van der Waals surface area contributed by atoms with Gasteiger partial charge in [0.25, 0.3) is 0 Å². The summed E-state index contributed by atoms with van der Waals surface area (Å²) in [5, 5.41) is 9.28. The van der Waals surface area contributed by atoms with Crippen LogP contribution in [0.25, 0.3) is 0 Å². The van der Waals surface area contributed by atoms with Crippen LogP contribution in [0.2, 0.25) is 0 Å². The predicted molar refractivity (Wildman–Crippen MR) is 76.9 cm³/mol. The van der Waals surface area contributed by atoms with E-state index in [1.54, 1.807) is 19.1 Å². The summed E-state index contributed by atoms with van der Waals surface area (Å²) >= 11 is 0. The quantitative estimate of drug-likeness (QED) is 0.890. The number of nitrogens with zero attached hydrogens (tertiary/aromatic N) is 1. The Bertz CT molecular complexity index is 666. The van der Waals surface area contributed by atoms with E-state index in [-0.39, 0.29) is 11.4 Å². The Morgan fingerprint density at radius 1 is 1.43 bits per heavy atom. The zero-order valence-corrected chi connectivity index (χ0v) is 13.1. The van der Waals surface area contributed by atoms with Gasteiger partial charge in [-0.1, -0.05) is 6.92 Å². The summed E-state index contributed by atoms with van der Waals surface area (Å²) in [7, 11) is -3.88. The van der Waals surface area contributed by atoms with Crippen LogP contribution in [-0.4, -0.2) is 42.5 Å². The van der Waals surface area contributed by atoms with Gasteiger partial charge >= 0.3 is 5.97 Å². The zero-order chi connectivity index (χ0) is 15.8. The molecule has 21 heavy (non-hydrogen) atoms. The lowest BCUT2D eigenvalue weighted by Gasteiger charge is -2.33. The summed E-state index contributed by atoms with van der Waals surface area (Å²) in [6, 6.07) is 4.65. The van der Waals surface area contributed by atoms with Crippen molar-refractivity contribution in [1.29, 1.82) is 0 Å². The molecular formula is C14H19NO5S. The zero-order valence-electron chi connectivity index (χ0n) is 12.3. The standard InChI is InChI=1S/C14H19NO5S/c1-4-15(14(2,3)13(16)17)21(18,19)11-5-6-12-10(9-11)7-8-20-12/h5-6,9H,4,7-8H2,1-3H3,(H,16,17). The lowest BCUT2D eigenvalue weighted by Crippen LogP contribution is -2.52. The molecule has 0 amide bonds. The Balaban J connectivity index is 2.47. The number of rotatable bonds is 5. The minimum absolute atomic E-state index is 0.0786. The number of likely N-dealkylation sites (N-methyl/N-ethyl adjacent to an activating group) is 1. The first-order chi connectivity index (χ1) is 9.71. The lowest BCUT2D eigenvalue weighted by atomic mass is 10.1. The van der Waals surface area contributed by atoms with Crippen LogP contribution in [0.5, 0.6) is 5.75 Å². The van der Waals surface area contributed by atoms with Crippen molar-refractivity contribution in [3.63, 3.8) is 0 Å². The molecule has 1 heterocycles. The molecule has 0 aliphatic carbocycles. The molecule has 0 spiro atoms. The largest absolute Gasteiger partial charge is 0.493 e. The first kappa shape index (κ1) is 15.8. The van der Waals surface area contributed by atoms with E-state index in [0.717, 1.165) is 9.87 Å². The molecule has 1 aromatic rings. The monoisotopic (exact) mass is 313 g/mol. The van der Waals surface area contributed by atoms with E-state index in [0.29, 0.717) is 18.8 Å². The van der Waals surface area contributed by atoms with Gasteiger partial charge in [-0.2, -0.15) is 4.31 Å². The number of sulfonamides is 1. The van der Waals surface area contributed by atoms with Gasteiger partial charge in [0.1, 0.15) is 11.3 Å². The van der Waals surface area contributed by atoms with E-state index >= 15 is 0 Å². The van der Waals surface area contributed by atoms with Crippen molar-refractivity contribution in [3.8, 4) is 5.75 Å². The number of carboxylic acid groups (broad SMARTS) is 1. The van der Waals surface area contributed by atoms with Gasteiger partial charge in [-0.05, 0) is 37.6 Å². The SMILES string of the molecule is CCN(C(C)(C)C(=O)O)S(=O)(=O)c1ccc2c(c1)CCO2. The van der Waals surface area contributed by atoms with Crippen molar-refractivity contribution in [2.24, 2.45) is 0 Å². The van der Waals surface area contributed by atoms with Crippen LogP contribution in [0.4, 0.5) is 0 Å². The van der Waals surface area contributed by atoms with E-state index in [9.17, 15) is 18.3 Å². The van der Waals surface area contributed by atoms with Crippen LogP contribution in [0.3, 0.4) is 0 Å². The Morgan fingerprint density at radius 2 is 2.10 bits per heavy atom. The molecule has 116 valence electrons. The summed E-state index contributed by atoms with van der Waals surface area (Å²) in [6.45, 7) is 5.00. The number of hydrogen-bond acceptors (Lipinski definition) is 4. The fourth-order valence-electron chi connectivity index (χ4n) is 2.42. The van der Waals surface area contributed by atoms with Gasteiger partial charge in [0.15, 0.2) is 0 Å². The Morgan fingerprint density at radius 3 is 2.67 bits per heavy atom. The fraction of sp³-hybridized carbons (Fsp3) is 0.500. The van der Waals surface area contributed by atoms with Crippen LogP contribution < -0.4 is 4.74 Å². The van der Waals surface area contributed by atoms with Crippen molar-refractivity contribution in [1.82, 2.24) is 4.31 Å².